The summed E-state index contributed by atoms with van der Waals surface area (Å²) in [7, 11) is 0. The molecular formula is C3H7OPt-3. The molecule has 0 aliphatic heterocycles. The van der Waals surface area contributed by atoms with Crippen molar-refractivity contribution in [3.8, 4) is 0 Å². The molecule has 5 heavy (non-hydrogen) atoms. The molecule has 0 aromatic rings. The Labute approximate surface area is 49.4 Å². The first kappa shape index (κ1) is 18.3. The third-order valence-corrected chi connectivity index (χ3v) is 0. The minimum Gasteiger partial charge on any atom is -0.545 e. The molecule has 0 N–H and O–H groups in total. The topological polar surface area (TPSA) is 17.1 Å². The summed E-state index contributed by atoms with van der Waals surface area (Å²) in [4.78, 5) is 8.35. The molecular weight excluding hydrogens is 247 g/mol. The number of hydrogen-bond donors (Lipinski definition) is 0. The zero-order valence-corrected chi connectivity index (χ0v) is 5.50. The normalized spacial score (nSPS) is 2.80. The maximum absolute atomic E-state index is 8.35. The average Bonchev–Trinajstić information content (AvgIpc) is 0.918. The van der Waals surface area contributed by atoms with Crippen LogP contribution in [0, 0.1) is 14.9 Å². The molecule has 0 bridgehead atoms. The fraction of sp³-hybridized carbons (Fsp3) is 0. The van der Waals surface area contributed by atoms with Crippen molar-refractivity contribution in [2.45, 2.75) is 0 Å². The van der Waals surface area contributed by atoms with E-state index in [0.29, 0.717) is 0 Å². The molecule has 0 aliphatic carbocycles. The van der Waals surface area contributed by atoms with Crippen LogP contribution in [0.15, 0.2) is 0 Å². The van der Waals surface area contributed by atoms with Gasteiger partial charge in [0, 0.05) is 21.1 Å². The molecule has 0 aliphatic rings. The monoisotopic (exact) mass is 255 g/mol. The summed E-state index contributed by atoms with van der Waals surface area (Å²) in [5, 5.41) is 0. The summed E-state index contributed by atoms with van der Waals surface area (Å²) in [5.74, 6) is 0. The summed E-state index contributed by atoms with van der Waals surface area (Å²) in [5.41, 5.74) is 0. The number of hydrogen-bond acceptors (Lipinski definition) is 1. The Bertz CT molecular complexity index is 18.3. The van der Waals surface area contributed by atoms with Gasteiger partial charge in [-0.2, -0.15) is 1.37 Å². The van der Waals surface area contributed by atoms with Crippen molar-refractivity contribution < 1.29 is 27.2 Å². The molecule has 38 valence electrons. The van der Waals surface area contributed by atoms with E-state index in [2.05, 4.69) is 0 Å². The van der Waals surface area contributed by atoms with Crippen molar-refractivity contribution in [3.05, 3.63) is 14.9 Å². The summed E-state index contributed by atoms with van der Waals surface area (Å²) in [6, 6.07) is 0. The fourth-order valence-electron chi connectivity index (χ4n) is 0. The van der Waals surface area contributed by atoms with E-state index >= 15 is 0 Å². The smallest absolute Gasteiger partial charge is 0 e. The van der Waals surface area contributed by atoms with Gasteiger partial charge < -0.3 is 19.6 Å². The van der Waals surface area contributed by atoms with Gasteiger partial charge in [-0.3, -0.25) is 6.77 Å². The van der Waals surface area contributed by atoms with Crippen molar-refractivity contribution in [2.75, 3.05) is 0 Å². The van der Waals surface area contributed by atoms with Gasteiger partial charge >= 0.3 is 0 Å². The van der Waals surface area contributed by atoms with Crippen molar-refractivity contribution in [1.82, 2.24) is 0 Å². The zero-order valence-electron chi connectivity index (χ0n) is 4.22. The van der Waals surface area contributed by atoms with Gasteiger partial charge in [0.2, 0.25) is 0 Å². The molecule has 0 rings (SSSR count). The summed E-state index contributed by atoms with van der Waals surface area (Å²) in [6.07, 6.45) is 0. The van der Waals surface area contributed by atoms with E-state index in [4.69, 9.17) is 6.17 Å². The number of carbonyl (C=O) groups excluding carboxylic acids is 1. The van der Waals surface area contributed by atoms with E-state index in [1.54, 1.807) is 0 Å². The van der Waals surface area contributed by atoms with E-state index in [-0.39, 0.29) is 35.9 Å². The molecule has 2 heteroatoms. The van der Waals surface area contributed by atoms with Gasteiger partial charge in [-0.15, -0.1) is 0 Å². The van der Waals surface area contributed by atoms with Gasteiger partial charge in [0.25, 0.3) is 0 Å². The van der Waals surface area contributed by atoms with E-state index in [1.165, 1.54) is 0 Å². The van der Waals surface area contributed by atoms with E-state index in [9.17, 15) is 0 Å². The second-order valence-electron chi connectivity index (χ2n) is 0. The van der Waals surface area contributed by atoms with Gasteiger partial charge in [0.15, 0.2) is 0 Å². The van der Waals surface area contributed by atoms with Gasteiger partial charge in [-0.25, -0.2) is 0 Å². The number of rotatable bonds is 0. The van der Waals surface area contributed by atoms with Gasteiger partial charge in [0.05, 0.1) is 0 Å². The van der Waals surface area contributed by atoms with Crippen LogP contribution in [-0.2, 0) is 25.9 Å². The Hall–Kier alpha value is 0.358. The molecule has 0 spiro atoms. The van der Waals surface area contributed by atoms with Crippen molar-refractivity contribution >= 4 is 6.77 Å². The van der Waals surface area contributed by atoms with Crippen LogP contribution in [0.3, 0.4) is 0 Å². The van der Waals surface area contributed by atoms with E-state index in [0.717, 1.165) is 6.77 Å². The summed E-state index contributed by atoms with van der Waals surface area (Å²) < 4.78 is 5.40. The molecule has 1 nitrogen and oxygen atoms in total. The average molecular weight is 255 g/mol. The second-order valence-corrected chi connectivity index (χ2v) is 0. The Kier molecular flexibility index (Phi) is 1400. The predicted octanol–water partition coefficient (Wildman–Crippen LogP) is 0.624. The largest absolute Gasteiger partial charge is 0.545 e. The molecule has 0 saturated heterocycles. The second kappa shape index (κ2) is 383. The van der Waals surface area contributed by atoms with Crippen LogP contribution in [0.5, 0.6) is 0 Å². The Morgan fingerprint density at radius 3 is 1.60 bits per heavy atom. The summed E-state index contributed by atoms with van der Waals surface area (Å²) >= 11 is 0. The minimum absolute atomic E-state index is 0. The van der Waals surface area contributed by atoms with Crippen LogP contribution < -0.4 is 0 Å². The van der Waals surface area contributed by atoms with Crippen molar-refractivity contribution in [1.29, 1.82) is 0 Å². The molecule has 0 aromatic carbocycles. The van der Waals surface area contributed by atoms with Gasteiger partial charge in [-0.05, 0) is 0 Å². The van der Waals surface area contributed by atoms with Crippen LogP contribution in [0.1, 0.15) is 1.37 Å². The SMILES string of the molecule is [2H][C-]=O.[CH3-].[CH3-].[Pt]. The van der Waals surface area contributed by atoms with Gasteiger partial charge in [0.1, 0.15) is 0 Å². The van der Waals surface area contributed by atoms with Crippen LogP contribution in [0.25, 0.3) is 0 Å². The first-order chi connectivity index (χ1) is 1.41. The van der Waals surface area contributed by atoms with Crippen molar-refractivity contribution in [3.63, 3.8) is 0 Å². The fourth-order valence-corrected chi connectivity index (χ4v) is 0. The first-order valence-corrected chi connectivity index (χ1v) is 0.204. The van der Waals surface area contributed by atoms with Crippen LogP contribution in [0.2, 0.25) is 0 Å². The van der Waals surface area contributed by atoms with Crippen LogP contribution >= 0.6 is 0 Å². The quantitative estimate of drug-likeness (QED) is 0.458. The molecule has 0 atom stereocenters. The van der Waals surface area contributed by atoms with Crippen LogP contribution in [-0.4, -0.2) is 6.77 Å². The standard InChI is InChI=1S/CHO.2CH3.Pt/c1-2;;;/h1H;2*1H3;/q3*-1;/i1D;;;. The third kappa shape index (κ3) is 189. The van der Waals surface area contributed by atoms with Gasteiger partial charge in [-0.1, -0.05) is 0 Å². The maximum atomic E-state index is 8.35. The molecule has 0 saturated carbocycles. The van der Waals surface area contributed by atoms with Crippen LogP contribution in [0.4, 0.5) is 0 Å². The minimum atomic E-state index is 0. The van der Waals surface area contributed by atoms with Crippen molar-refractivity contribution in [2.24, 2.45) is 0 Å². The first-order valence-electron chi connectivity index (χ1n) is 0.704. The maximum Gasteiger partial charge on any atom is 0 e. The zero-order chi connectivity index (χ0) is 2.71. The molecule has 0 unspecified atom stereocenters. The molecule has 0 aromatic heterocycles. The predicted molar refractivity (Wildman–Crippen MR) is 19.6 cm³/mol. The summed E-state index contributed by atoms with van der Waals surface area (Å²) in [6.45, 7) is 0.750. The molecule has 0 radical (unpaired) electrons. The van der Waals surface area contributed by atoms with E-state index < -0.39 is 0 Å². The Morgan fingerprint density at radius 1 is 1.60 bits per heavy atom. The van der Waals surface area contributed by atoms with E-state index in [1.807, 2.05) is 0 Å². The molecule has 0 fully saturated rings. The molecule has 0 heterocycles. The third-order valence-electron chi connectivity index (χ3n) is 0. The Balaban J connectivity index is -0.00000000667. The molecule has 0 amide bonds. The Morgan fingerprint density at radius 2 is 1.60 bits per heavy atom.